The highest BCUT2D eigenvalue weighted by Crippen LogP contribution is 2.09. The molecule has 0 aliphatic heterocycles. The number of benzene rings is 1. The van der Waals surface area contributed by atoms with E-state index in [1.807, 2.05) is 19.1 Å². The Balaban J connectivity index is 2.75. The van der Waals surface area contributed by atoms with Gasteiger partial charge in [0.05, 0.1) is 0 Å². The average Bonchev–Trinajstić information content (AvgIpc) is 2.37. The standard InChI is InChI=1S/C14H17NO4/c1-3-10-4-6-11(7-5-10)13(17)8-12(14(18)19)15-9(2)16/h4-7,12H,3,8H2,1-2H3,(H,15,16)(H,18,19). The Bertz CT molecular complexity index is 479. The minimum Gasteiger partial charge on any atom is -0.480 e. The number of hydrogen-bond acceptors (Lipinski definition) is 3. The van der Waals surface area contributed by atoms with Crippen LogP contribution >= 0.6 is 0 Å². The fourth-order valence-corrected chi connectivity index (χ4v) is 1.68. The van der Waals surface area contributed by atoms with E-state index in [4.69, 9.17) is 5.11 Å². The van der Waals surface area contributed by atoms with Crippen molar-refractivity contribution < 1.29 is 19.5 Å². The first-order chi connectivity index (χ1) is 8.93. The van der Waals surface area contributed by atoms with E-state index in [0.29, 0.717) is 5.56 Å². The first-order valence-corrected chi connectivity index (χ1v) is 6.06. The molecule has 1 atom stereocenters. The summed E-state index contributed by atoms with van der Waals surface area (Å²) in [5.41, 5.74) is 1.56. The number of Topliss-reactive ketones (excluding diaryl/α,β-unsaturated/α-hetero) is 1. The Morgan fingerprint density at radius 1 is 1.21 bits per heavy atom. The van der Waals surface area contributed by atoms with Crippen LogP contribution in [0.5, 0.6) is 0 Å². The molecule has 0 aromatic heterocycles. The van der Waals surface area contributed by atoms with E-state index in [0.717, 1.165) is 12.0 Å². The highest BCUT2D eigenvalue weighted by molar-refractivity contribution is 5.99. The van der Waals surface area contributed by atoms with Crippen molar-refractivity contribution in [3.8, 4) is 0 Å². The van der Waals surface area contributed by atoms with Crippen molar-refractivity contribution in [2.45, 2.75) is 32.7 Å². The van der Waals surface area contributed by atoms with E-state index < -0.39 is 17.9 Å². The molecule has 1 rings (SSSR count). The Morgan fingerprint density at radius 2 is 1.79 bits per heavy atom. The van der Waals surface area contributed by atoms with Gasteiger partial charge in [-0.05, 0) is 12.0 Å². The van der Waals surface area contributed by atoms with E-state index in [-0.39, 0.29) is 12.2 Å². The number of amides is 1. The second-order valence-electron chi connectivity index (χ2n) is 4.27. The van der Waals surface area contributed by atoms with Gasteiger partial charge in [-0.15, -0.1) is 0 Å². The van der Waals surface area contributed by atoms with Crippen LogP contribution in [0.15, 0.2) is 24.3 Å². The summed E-state index contributed by atoms with van der Waals surface area (Å²) >= 11 is 0. The summed E-state index contributed by atoms with van der Waals surface area (Å²) < 4.78 is 0. The van der Waals surface area contributed by atoms with Crippen molar-refractivity contribution >= 4 is 17.7 Å². The summed E-state index contributed by atoms with van der Waals surface area (Å²) in [7, 11) is 0. The lowest BCUT2D eigenvalue weighted by Gasteiger charge is -2.12. The van der Waals surface area contributed by atoms with Gasteiger partial charge in [0.15, 0.2) is 5.78 Å². The zero-order chi connectivity index (χ0) is 14.4. The third-order valence-corrected chi connectivity index (χ3v) is 2.75. The van der Waals surface area contributed by atoms with Gasteiger partial charge < -0.3 is 10.4 Å². The Labute approximate surface area is 111 Å². The second kappa shape index (κ2) is 6.68. The van der Waals surface area contributed by atoms with Crippen molar-refractivity contribution in [1.82, 2.24) is 5.32 Å². The molecule has 2 N–H and O–H groups in total. The van der Waals surface area contributed by atoms with E-state index >= 15 is 0 Å². The van der Waals surface area contributed by atoms with Crippen LogP contribution in [-0.4, -0.2) is 28.8 Å². The number of carbonyl (C=O) groups is 3. The summed E-state index contributed by atoms with van der Waals surface area (Å²) in [5, 5.41) is 11.2. The zero-order valence-electron chi connectivity index (χ0n) is 11.0. The summed E-state index contributed by atoms with van der Waals surface area (Å²) in [5.74, 6) is -1.99. The second-order valence-corrected chi connectivity index (χ2v) is 4.27. The first-order valence-electron chi connectivity index (χ1n) is 6.06. The highest BCUT2D eigenvalue weighted by atomic mass is 16.4. The van der Waals surface area contributed by atoms with Crippen molar-refractivity contribution in [2.24, 2.45) is 0 Å². The fourth-order valence-electron chi connectivity index (χ4n) is 1.68. The molecular formula is C14H17NO4. The minimum atomic E-state index is -1.21. The van der Waals surface area contributed by atoms with Gasteiger partial charge in [0.25, 0.3) is 0 Å². The van der Waals surface area contributed by atoms with Crippen molar-refractivity contribution in [2.75, 3.05) is 0 Å². The summed E-state index contributed by atoms with van der Waals surface area (Å²) in [4.78, 5) is 33.7. The van der Waals surface area contributed by atoms with Crippen LogP contribution in [0.4, 0.5) is 0 Å². The zero-order valence-corrected chi connectivity index (χ0v) is 11.0. The summed E-state index contributed by atoms with van der Waals surface area (Å²) in [6.45, 7) is 3.23. The quantitative estimate of drug-likeness (QED) is 0.760. The maximum atomic E-state index is 11.9. The minimum absolute atomic E-state index is 0.250. The topological polar surface area (TPSA) is 83.5 Å². The van der Waals surface area contributed by atoms with Crippen LogP contribution < -0.4 is 5.32 Å². The number of aryl methyl sites for hydroxylation is 1. The predicted octanol–water partition coefficient (Wildman–Crippen LogP) is 1.41. The number of carboxylic acids is 1. The smallest absolute Gasteiger partial charge is 0.326 e. The molecule has 0 saturated heterocycles. The van der Waals surface area contributed by atoms with Gasteiger partial charge in [-0.1, -0.05) is 31.2 Å². The molecule has 0 heterocycles. The maximum Gasteiger partial charge on any atom is 0.326 e. The fraction of sp³-hybridized carbons (Fsp3) is 0.357. The van der Waals surface area contributed by atoms with Crippen molar-refractivity contribution in [1.29, 1.82) is 0 Å². The number of nitrogens with one attached hydrogen (secondary N) is 1. The van der Waals surface area contributed by atoms with E-state index in [2.05, 4.69) is 5.32 Å². The van der Waals surface area contributed by atoms with E-state index in [1.54, 1.807) is 12.1 Å². The molecule has 0 saturated carbocycles. The number of hydrogen-bond donors (Lipinski definition) is 2. The monoisotopic (exact) mass is 263 g/mol. The maximum absolute atomic E-state index is 11.9. The Morgan fingerprint density at radius 3 is 2.21 bits per heavy atom. The number of rotatable bonds is 6. The Kier molecular flexibility index (Phi) is 5.23. The largest absolute Gasteiger partial charge is 0.480 e. The van der Waals surface area contributed by atoms with Crippen LogP contribution in [0.25, 0.3) is 0 Å². The highest BCUT2D eigenvalue weighted by Gasteiger charge is 2.22. The van der Waals surface area contributed by atoms with Gasteiger partial charge in [0.2, 0.25) is 5.91 Å². The van der Waals surface area contributed by atoms with Crippen LogP contribution in [0.3, 0.4) is 0 Å². The van der Waals surface area contributed by atoms with Gasteiger partial charge in [-0.2, -0.15) is 0 Å². The molecule has 0 spiro atoms. The molecule has 102 valence electrons. The molecular weight excluding hydrogens is 246 g/mol. The summed E-state index contributed by atoms with van der Waals surface area (Å²) in [6.07, 6.45) is 0.624. The number of carbonyl (C=O) groups excluding carboxylic acids is 2. The molecule has 5 heteroatoms. The van der Waals surface area contributed by atoms with Crippen molar-refractivity contribution in [3.63, 3.8) is 0 Å². The molecule has 0 radical (unpaired) electrons. The molecule has 1 amide bonds. The molecule has 0 aliphatic rings. The van der Waals surface area contributed by atoms with E-state index in [1.165, 1.54) is 6.92 Å². The lowest BCUT2D eigenvalue weighted by atomic mass is 10.0. The molecule has 1 aromatic carbocycles. The van der Waals surface area contributed by atoms with Crippen LogP contribution in [0.2, 0.25) is 0 Å². The number of aliphatic carboxylic acids is 1. The predicted molar refractivity (Wildman–Crippen MR) is 70.0 cm³/mol. The average molecular weight is 263 g/mol. The molecule has 19 heavy (non-hydrogen) atoms. The molecule has 0 fully saturated rings. The third kappa shape index (κ3) is 4.54. The van der Waals surface area contributed by atoms with Gasteiger partial charge in [0.1, 0.15) is 6.04 Å². The molecule has 5 nitrogen and oxygen atoms in total. The van der Waals surface area contributed by atoms with Crippen LogP contribution in [0, 0.1) is 0 Å². The molecule has 0 bridgehead atoms. The molecule has 0 aliphatic carbocycles. The SMILES string of the molecule is CCc1ccc(C(=O)CC(NC(C)=O)C(=O)O)cc1. The van der Waals surface area contributed by atoms with Gasteiger partial charge in [-0.3, -0.25) is 9.59 Å². The molecule has 1 unspecified atom stereocenters. The first kappa shape index (κ1) is 14.9. The number of carboxylic acid groups (broad SMARTS) is 1. The van der Waals surface area contributed by atoms with Crippen molar-refractivity contribution in [3.05, 3.63) is 35.4 Å². The number of ketones is 1. The lowest BCUT2D eigenvalue weighted by Crippen LogP contribution is -2.41. The van der Waals surface area contributed by atoms with Gasteiger partial charge in [-0.25, -0.2) is 4.79 Å². The Hall–Kier alpha value is -2.17. The normalized spacial score (nSPS) is 11.7. The summed E-state index contributed by atoms with van der Waals surface area (Å²) in [6, 6.07) is 5.83. The van der Waals surface area contributed by atoms with E-state index in [9.17, 15) is 14.4 Å². The van der Waals surface area contributed by atoms with Gasteiger partial charge >= 0.3 is 5.97 Å². The molecule has 1 aromatic rings. The van der Waals surface area contributed by atoms with Crippen LogP contribution in [-0.2, 0) is 16.0 Å². The van der Waals surface area contributed by atoms with Crippen LogP contribution in [0.1, 0.15) is 36.2 Å². The third-order valence-electron chi connectivity index (χ3n) is 2.75. The van der Waals surface area contributed by atoms with Gasteiger partial charge in [0, 0.05) is 18.9 Å². The lowest BCUT2D eigenvalue weighted by molar-refractivity contribution is -0.141.